The van der Waals surface area contributed by atoms with E-state index < -0.39 is 18.0 Å². The minimum atomic E-state index is -0.811. The number of amides is 1. The van der Waals surface area contributed by atoms with Crippen molar-refractivity contribution in [2.24, 2.45) is 23.1 Å². The van der Waals surface area contributed by atoms with E-state index in [1.807, 2.05) is 0 Å². The summed E-state index contributed by atoms with van der Waals surface area (Å²) in [5, 5.41) is 9.05. The number of nitrogens with two attached hydrogens (primary N) is 3. The van der Waals surface area contributed by atoms with Crippen LogP contribution in [0.25, 0.3) is 0 Å². The van der Waals surface area contributed by atoms with Crippen LogP contribution in [0.15, 0.2) is 0 Å². The van der Waals surface area contributed by atoms with Crippen molar-refractivity contribution >= 4 is 5.91 Å². The maximum absolute atomic E-state index is 11.0. The quantitative estimate of drug-likeness (QED) is 0.471. The number of hydrogen-bond acceptors (Lipinski definition) is 5. The highest BCUT2D eigenvalue weighted by Gasteiger charge is 2.32. The molecule has 6 nitrogen and oxygen atoms in total. The van der Waals surface area contributed by atoms with Gasteiger partial charge in [0.05, 0.1) is 24.9 Å². The van der Waals surface area contributed by atoms with Crippen LogP contribution >= 0.6 is 0 Å². The molecular formula is C12H25N3O3. The van der Waals surface area contributed by atoms with Crippen LogP contribution in [0.1, 0.15) is 32.6 Å². The van der Waals surface area contributed by atoms with Gasteiger partial charge in [-0.3, -0.25) is 4.79 Å². The van der Waals surface area contributed by atoms with Crippen molar-refractivity contribution in [3.8, 4) is 0 Å². The van der Waals surface area contributed by atoms with E-state index in [4.69, 9.17) is 27.0 Å². The van der Waals surface area contributed by atoms with Crippen molar-refractivity contribution in [1.82, 2.24) is 0 Å². The Morgan fingerprint density at radius 1 is 1.44 bits per heavy atom. The van der Waals surface area contributed by atoms with Crippen LogP contribution < -0.4 is 17.2 Å². The summed E-state index contributed by atoms with van der Waals surface area (Å²) in [6, 6.07) is -1.25. The van der Waals surface area contributed by atoms with E-state index in [1.165, 1.54) is 0 Å². The van der Waals surface area contributed by atoms with Gasteiger partial charge in [0.25, 0.3) is 0 Å². The van der Waals surface area contributed by atoms with Crippen LogP contribution in [0.4, 0.5) is 0 Å². The van der Waals surface area contributed by atoms with E-state index in [-0.39, 0.29) is 24.7 Å². The van der Waals surface area contributed by atoms with Crippen molar-refractivity contribution in [3.05, 3.63) is 0 Å². The summed E-state index contributed by atoms with van der Waals surface area (Å²) in [5.41, 5.74) is 16.7. The average molecular weight is 259 g/mol. The number of rotatable bonds is 7. The molecule has 0 bridgehead atoms. The molecule has 6 heteroatoms. The van der Waals surface area contributed by atoms with E-state index in [0.717, 1.165) is 19.3 Å². The lowest BCUT2D eigenvalue weighted by atomic mass is 9.88. The second kappa shape index (κ2) is 7.04. The van der Waals surface area contributed by atoms with Gasteiger partial charge in [-0.1, -0.05) is 13.3 Å². The highest BCUT2D eigenvalue weighted by atomic mass is 16.5. The number of aliphatic hydroxyl groups is 1. The highest BCUT2D eigenvalue weighted by Crippen LogP contribution is 2.29. The van der Waals surface area contributed by atoms with Gasteiger partial charge >= 0.3 is 0 Å². The number of carbonyl (C=O) groups is 1. The second-order valence-corrected chi connectivity index (χ2v) is 5.05. The van der Waals surface area contributed by atoms with Gasteiger partial charge in [0, 0.05) is 6.04 Å². The molecule has 0 radical (unpaired) electrons. The maximum atomic E-state index is 11.0. The van der Waals surface area contributed by atoms with Gasteiger partial charge in [-0.25, -0.2) is 0 Å². The van der Waals surface area contributed by atoms with Crippen LogP contribution in [0.5, 0.6) is 0 Å². The molecule has 0 aromatic rings. The largest absolute Gasteiger partial charge is 0.394 e. The first-order valence-electron chi connectivity index (χ1n) is 6.56. The van der Waals surface area contributed by atoms with Crippen LogP contribution in [-0.2, 0) is 9.53 Å². The minimum Gasteiger partial charge on any atom is -0.394 e. The Morgan fingerprint density at radius 2 is 2.11 bits per heavy atom. The standard InChI is InChI=1S/C12H25N3O3/c1-2-7(5-9(13)11(14)12(15)17)10-4-3-8(6-16)18-10/h7-11,16H,2-6,13-14H2,1H3,(H2,15,17). The lowest BCUT2D eigenvalue weighted by Crippen LogP contribution is -2.51. The fourth-order valence-electron chi connectivity index (χ4n) is 2.50. The van der Waals surface area contributed by atoms with Gasteiger partial charge in [0.2, 0.25) is 5.91 Å². The zero-order valence-corrected chi connectivity index (χ0v) is 10.9. The number of ether oxygens (including phenoxy) is 1. The summed E-state index contributed by atoms with van der Waals surface area (Å²) in [7, 11) is 0. The molecule has 1 amide bonds. The normalized spacial score (nSPS) is 28.9. The molecule has 1 heterocycles. The lowest BCUT2D eigenvalue weighted by Gasteiger charge is -2.27. The van der Waals surface area contributed by atoms with Crippen LogP contribution in [-0.4, -0.2) is 41.9 Å². The first-order chi connectivity index (χ1) is 8.49. The van der Waals surface area contributed by atoms with Crippen molar-refractivity contribution in [1.29, 1.82) is 0 Å². The molecule has 7 N–H and O–H groups in total. The summed E-state index contributed by atoms with van der Waals surface area (Å²) in [6.45, 7) is 2.11. The second-order valence-electron chi connectivity index (χ2n) is 5.05. The predicted octanol–water partition coefficient (Wildman–Crippen LogP) is -0.917. The Hall–Kier alpha value is -0.690. The van der Waals surface area contributed by atoms with Crippen LogP contribution in [0.3, 0.4) is 0 Å². The van der Waals surface area contributed by atoms with E-state index in [9.17, 15) is 4.79 Å². The summed E-state index contributed by atoms with van der Waals surface area (Å²) in [4.78, 5) is 11.0. The SMILES string of the molecule is CCC(CC(N)C(N)C(N)=O)C1CCC(CO)O1. The monoisotopic (exact) mass is 259 g/mol. The first-order valence-corrected chi connectivity index (χ1v) is 6.56. The Labute approximate surface area is 108 Å². The zero-order chi connectivity index (χ0) is 13.7. The fourth-order valence-corrected chi connectivity index (χ4v) is 2.50. The molecule has 0 aromatic carbocycles. The topological polar surface area (TPSA) is 125 Å². The third-order valence-electron chi connectivity index (χ3n) is 3.76. The average Bonchev–Trinajstić information content (AvgIpc) is 2.83. The highest BCUT2D eigenvalue weighted by molar-refractivity contribution is 5.80. The number of aliphatic hydroxyl groups excluding tert-OH is 1. The zero-order valence-electron chi connectivity index (χ0n) is 10.9. The summed E-state index contributed by atoms with van der Waals surface area (Å²) < 4.78 is 5.74. The van der Waals surface area contributed by atoms with Gasteiger partial charge in [-0.05, 0) is 25.2 Å². The molecule has 1 aliphatic heterocycles. The Bertz CT molecular complexity index is 275. The third kappa shape index (κ3) is 3.91. The molecular weight excluding hydrogens is 234 g/mol. The van der Waals surface area contributed by atoms with Crippen LogP contribution in [0, 0.1) is 5.92 Å². The molecule has 0 aliphatic carbocycles. The van der Waals surface area contributed by atoms with Gasteiger partial charge in [-0.15, -0.1) is 0 Å². The molecule has 18 heavy (non-hydrogen) atoms. The molecule has 1 aliphatic rings. The van der Waals surface area contributed by atoms with E-state index in [1.54, 1.807) is 0 Å². The summed E-state index contributed by atoms with van der Waals surface area (Å²) in [6.07, 6.45) is 3.34. The molecule has 0 saturated carbocycles. The van der Waals surface area contributed by atoms with Gasteiger partial charge in [-0.2, -0.15) is 0 Å². The Balaban J connectivity index is 2.49. The molecule has 106 valence electrons. The van der Waals surface area contributed by atoms with Crippen molar-refractivity contribution in [3.63, 3.8) is 0 Å². The van der Waals surface area contributed by atoms with Crippen molar-refractivity contribution in [2.45, 2.75) is 56.9 Å². The molecule has 5 atom stereocenters. The third-order valence-corrected chi connectivity index (χ3v) is 3.76. The maximum Gasteiger partial charge on any atom is 0.235 e. The molecule has 5 unspecified atom stereocenters. The summed E-state index contributed by atoms with van der Waals surface area (Å²) >= 11 is 0. The fraction of sp³-hybridized carbons (Fsp3) is 0.917. The predicted molar refractivity (Wildman–Crippen MR) is 68.5 cm³/mol. The van der Waals surface area contributed by atoms with E-state index >= 15 is 0 Å². The molecule has 1 rings (SSSR count). The molecule has 0 spiro atoms. The number of primary amides is 1. The summed E-state index contributed by atoms with van der Waals surface area (Å²) in [5.74, 6) is -0.320. The smallest absolute Gasteiger partial charge is 0.235 e. The van der Waals surface area contributed by atoms with E-state index in [0.29, 0.717) is 6.42 Å². The molecule has 1 fully saturated rings. The Morgan fingerprint density at radius 3 is 2.56 bits per heavy atom. The van der Waals surface area contributed by atoms with Gasteiger partial charge in [0.1, 0.15) is 0 Å². The van der Waals surface area contributed by atoms with Crippen molar-refractivity contribution in [2.75, 3.05) is 6.61 Å². The molecule has 0 aromatic heterocycles. The van der Waals surface area contributed by atoms with Gasteiger partial charge < -0.3 is 27.0 Å². The first kappa shape index (κ1) is 15.4. The van der Waals surface area contributed by atoms with E-state index in [2.05, 4.69) is 6.92 Å². The van der Waals surface area contributed by atoms with Gasteiger partial charge in [0.15, 0.2) is 0 Å². The Kier molecular flexibility index (Phi) is 6.01. The number of carbonyl (C=O) groups excluding carboxylic acids is 1. The van der Waals surface area contributed by atoms with Crippen molar-refractivity contribution < 1.29 is 14.6 Å². The number of hydrogen-bond donors (Lipinski definition) is 4. The molecule has 1 saturated heterocycles. The lowest BCUT2D eigenvalue weighted by molar-refractivity contribution is -0.119. The van der Waals surface area contributed by atoms with Crippen LogP contribution in [0.2, 0.25) is 0 Å². The minimum absolute atomic E-state index is 0.0553.